The molecular formula is C16H24Cl2N4O. The molecule has 1 aromatic heterocycles. The van der Waals surface area contributed by atoms with E-state index in [9.17, 15) is 4.79 Å². The van der Waals surface area contributed by atoms with E-state index >= 15 is 0 Å². The second-order valence-electron chi connectivity index (χ2n) is 5.98. The molecule has 1 fully saturated rings. The van der Waals surface area contributed by atoms with Gasteiger partial charge in [-0.05, 0) is 31.9 Å². The lowest BCUT2D eigenvalue weighted by molar-refractivity contribution is -0.132. The van der Waals surface area contributed by atoms with Crippen molar-refractivity contribution in [3.8, 4) is 0 Å². The molecule has 0 bridgehead atoms. The fraction of sp³-hybridized carbons (Fsp3) is 0.500. The number of benzene rings is 1. The van der Waals surface area contributed by atoms with Crippen molar-refractivity contribution in [1.29, 1.82) is 0 Å². The van der Waals surface area contributed by atoms with E-state index in [0.29, 0.717) is 12.3 Å². The molecule has 1 atom stereocenters. The van der Waals surface area contributed by atoms with E-state index in [1.165, 1.54) is 0 Å². The zero-order chi connectivity index (χ0) is 14.8. The van der Waals surface area contributed by atoms with Crippen molar-refractivity contribution in [3.05, 3.63) is 30.1 Å². The van der Waals surface area contributed by atoms with Crippen molar-refractivity contribution >= 4 is 41.8 Å². The molecular weight excluding hydrogens is 335 g/mol. The maximum absolute atomic E-state index is 12.0. The van der Waals surface area contributed by atoms with Crippen LogP contribution in [0, 0.1) is 0 Å². The number of H-pyrrole nitrogens is 1. The van der Waals surface area contributed by atoms with Crippen molar-refractivity contribution in [2.45, 2.75) is 38.1 Å². The van der Waals surface area contributed by atoms with Crippen LogP contribution in [0.2, 0.25) is 0 Å². The molecule has 0 aliphatic carbocycles. The number of nitrogens with two attached hydrogens (primary N) is 1. The number of piperidine rings is 1. The third kappa shape index (κ3) is 4.59. The lowest BCUT2D eigenvalue weighted by Gasteiger charge is -2.31. The number of halogens is 2. The Hall–Kier alpha value is -1.30. The van der Waals surface area contributed by atoms with Gasteiger partial charge in [0.1, 0.15) is 5.82 Å². The number of nitrogens with zero attached hydrogens (tertiary/aromatic N) is 2. The zero-order valence-electron chi connectivity index (χ0n) is 13.2. The maximum Gasteiger partial charge on any atom is 0.224 e. The quantitative estimate of drug-likeness (QED) is 0.885. The van der Waals surface area contributed by atoms with Crippen molar-refractivity contribution in [2.75, 3.05) is 13.1 Å². The average Bonchev–Trinajstić information content (AvgIpc) is 2.90. The molecule has 3 N–H and O–H groups in total. The first-order chi connectivity index (χ1) is 10.1. The standard InChI is InChI=1S/C16H22N4O.2ClH/c1-11(17)10-15(21)20-8-6-12(7-9-20)16-18-13-4-2-3-5-14(13)19-16;;/h2-5,11-12H,6-10,17H2,1H3,(H,18,19);2*1H. The lowest BCUT2D eigenvalue weighted by atomic mass is 9.96. The van der Waals surface area contributed by atoms with E-state index in [2.05, 4.69) is 9.97 Å². The van der Waals surface area contributed by atoms with Crippen molar-refractivity contribution in [1.82, 2.24) is 14.9 Å². The molecule has 5 nitrogen and oxygen atoms in total. The Morgan fingerprint density at radius 2 is 2.00 bits per heavy atom. The largest absolute Gasteiger partial charge is 0.343 e. The smallest absolute Gasteiger partial charge is 0.224 e. The van der Waals surface area contributed by atoms with Gasteiger partial charge >= 0.3 is 0 Å². The summed E-state index contributed by atoms with van der Waals surface area (Å²) in [7, 11) is 0. The highest BCUT2D eigenvalue weighted by molar-refractivity contribution is 5.85. The van der Waals surface area contributed by atoms with E-state index in [4.69, 9.17) is 5.73 Å². The van der Waals surface area contributed by atoms with Crippen LogP contribution in [0.5, 0.6) is 0 Å². The molecule has 3 rings (SSSR count). The molecule has 1 aromatic carbocycles. The Morgan fingerprint density at radius 1 is 1.35 bits per heavy atom. The number of fused-ring (bicyclic) bond motifs is 1. The summed E-state index contributed by atoms with van der Waals surface area (Å²) in [5.41, 5.74) is 7.80. The van der Waals surface area contributed by atoms with Gasteiger partial charge in [0, 0.05) is 31.5 Å². The fourth-order valence-electron chi connectivity index (χ4n) is 2.97. The summed E-state index contributed by atoms with van der Waals surface area (Å²) in [5, 5.41) is 0. The number of carbonyl (C=O) groups is 1. The number of nitrogens with one attached hydrogen (secondary N) is 1. The highest BCUT2D eigenvalue weighted by atomic mass is 35.5. The molecule has 1 aliphatic heterocycles. The summed E-state index contributed by atoms with van der Waals surface area (Å²) in [6.07, 6.45) is 2.37. The van der Waals surface area contributed by atoms with Gasteiger partial charge in [0.05, 0.1) is 11.0 Å². The summed E-state index contributed by atoms with van der Waals surface area (Å²) in [6, 6.07) is 8.02. The van der Waals surface area contributed by atoms with Crippen molar-refractivity contribution in [3.63, 3.8) is 0 Å². The summed E-state index contributed by atoms with van der Waals surface area (Å²) < 4.78 is 0. The minimum Gasteiger partial charge on any atom is -0.343 e. The molecule has 23 heavy (non-hydrogen) atoms. The van der Waals surface area contributed by atoms with Crippen LogP contribution < -0.4 is 5.73 Å². The number of rotatable bonds is 3. The van der Waals surface area contributed by atoms with Gasteiger partial charge in [-0.1, -0.05) is 12.1 Å². The first kappa shape index (κ1) is 19.7. The predicted octanol–water partition coefficient (Wildman–Crippen LogP) is 2.85. The highest BCUT2D eigenvalue weighted by Crippen LogP contribution is 2.27. The van der Waals surface area contributed by atoms with Crippen LogP contribution in [0.4, 0.5) is 0 Å². The Bertz CT molecular complexity index is 603. The molecule has 0 spiro atoms. The Morgan fingerprint density at radius 3 is 2.61 bits per heavy atom. The third-order valence-electron chi connectivity index (χ3n) is 4.14. The topological polar surface area (TPSA) is 75.0 Å². The van der Waals surface area contributed by atoms with Gasteiger partial charge in [-0.3, -0.25) is 4.79 Å². The molecule has 1 amide bonds. The van der Waals surface area contributed by atoms with E-state index in [0.717, 1.165) is 42.8 Å². The van der Waals surface area contributed by atoms with Crippen LogP contribution in [0.25, 0.3) is 11.0 Å². The van der Waals surface area contributed by atoms with Gasteiger partial charge < -0.3 is 15.6 Å². The number of hydrogen-bond donors (Lipinski definition) is 2. The molecule has 1 aliphatic rings. The summed E-state index contributed by atoms with van der Waals surface area (Å²) in [6.45, 7) is 3.47. The number of carbonyl (C=O) groups excluding carboxylic acids is 1. The number of aromatic nitrogens is 2. The van der Waals surface area contributed by atoms with Gasteiger partial charge in [-0.2, -0.15) is 0 Å². The van der Waals surface area contributed by atoms with Gasteiger partial charge in [0.15, 0.2) is 0 Å². The molecule has 0 saturated carbocycles. The fourth-order valence-corrected chi connectivity index (χ4v) is 2.97. The number of hydrogen-bond acceptors (Lipinski definition) is 3. The van der Waals surface area contributed by atoms with Crippen LogP contribution in [0.1, 0.15) is 37.9 Å². The summed E-state index contributed by atoms with van der Waals surface area (Å²) >= 11 is 0. The Labute approximate surface area is 148 Å². The van der Waals surface area contributed by atoms with Crippen molar-refractivity contribution in [2.24, 2.45) is 5.73 Å². The van der Waals surface area contributed by atoms with Crippen LogP contribution in [0.15, 0.2) is 24.3 Å². The maximum atomic E-state index is 12.0. The number of likely N-dealkylation sites (tertiary alicyclic amines) is 1. The Balaban J connectivity index is 0.00000132. The average molecular weight is 359 g/mol. The highest BCUT2D eigenvalue weighted by Gasteiger charge is 2.25. The molecule has 128 valence electrons. The molecule has 7 heteroatoms. The van der Waals surface area contributed by atoms with E-state index in [1.807, 2.05) is 36.1 Å². The van der Waals surface area contributed by atoms with E-state index in [-0.39, 0.29) is 36.8 Å². The monoisotopic (exact) mass is 358 g/mol. The first-order valence-corrected chi connectivity index (χ1v) is 7.61. The van der Waals surface area contributed by atoms with Gasteiger partial charge in [0.25, 0.3) is 0 Å². The number of para-hydroxylation sites is 2. The van der Waals surface area contributed by atoms with Crippen LogP contribution in [0.3, 0.4) is 0 Å². The minimum absolute atomic E-state index is 0. The zero-order valence-corrected chi connectivity index (χ0v) is 14.8. The van der Waals surface area contributed by atoms with Crippen LogP contribution in [-0.2, 0) is 4.79 Å². The molecule has 1 unspecified atom stereocenters. The molecule has 1 saturated heterocycles. The molecule has 2 heterocycles. The molecule has 2 aromatic rings. The number of aromatic amines is 1. The second-order valence-corrected chi connectivity index (χ2v) is 5.98. The normalized spacial score (nSPS) is 16.5. The number of amides is 1. The first-order valence-electron chi connectivity index (χ1n) is 7.61. The van der Waals surface area contributed by atoms with Crippen LogP contribution >= 0.6 is 24.8 Å². The van der Waals surface area contributed by atoms with E-state index in [1.54, 1.807) is 0 Å². The van der Waals surface area contributed by atoms with Gasteiger partial charge in [0.2, 0.25) is 5.91 Å². The van der Waals surface area contributed by atoms with E-state index < -0.39 is 0 Å². The lowest BCUT2D eigenvalue weighted by Crippen LogP contribution is -2.40. The second kappa shape index (κ2) is 8.52. The SMILES string of the molecule is CC(N)CC(=O)N1CCC(c2nc3ccccc3[nH]2)CC1.Cl.Cl. The summed E-state index contributed by atoms with van der Waals surface area (Å²) in [4.78, 5) is 22.0. The number of imidazole rings is 1. The van der Waals surface area contributed by atoms with Gasteiger partial charge in [-0.25, -0.2) is 4.98 Å². The van der Waals surface area contributed by atoms with Crippen LogP contribution in [-0.4, -0.2) is 39.9 Å². The third-order valence-corrected chi connectivity index (χ3v) is 4.14. The van der Waals surface area contributed by atoms with Gasteiger partial charge in [-0.15, -0.1) is 24.8 Å². The Kier molecular flexibility index (Phi) is 7.32. The predicted molar refractivity (Wildman–Crippen MR) is 97.4 cm³/mol. The molecule has 0 radical (unpaired) electrons. The summed E-state index contributed by atoms with van der Waals surface area (Å²) in [5.74, 6) is 1.64. The van der Waals surface area contributed by atoms with Crippen molar-refractivity contribution < 1.29 is 4.79 Å². The minimum atomic E-state index is -0.0643.